The summed E-state index contributed by atoms with van der Waals surface area (Å²) >= 11 is 0. The maximum atomic E-state index is 11.4. The molecule has 0 aromatic carbocycles. The number of rotatable bonds is 4. The van der Waals surface area contributed by atoms with Crippen molar-refractivity contribution in [1.29, 1.82) is 0 Å². The molecule has 0 aliphatic carbocycles. The number of hydrogen-bond donors (Lipinski definition) is 2. The van der Waals surface area contributed by atoms with Gasteiger partial charge in [0.15, 0.2) is 11.5 Å². The zero-order valence-corrected chi connectivity index (χ0v) is 10.6. The molecule has 0 amide bonds. The second-order valence-corrected chi connectivity index (χ2v) is 3.89. The van der Waals surface area contributed by atoms with Gasteiger partial charge >= 0.3 is 17.4 Å². The average molecular weight is 300 g/mol. The van der Waals surface area contributed by atoms with Gasteiger partial charge in [-0.1, -0.05) is 4.68 Å². The smallest absolute Gasteiger partial charge is 0.358 e. The van der Waals surface area contributed by atoms with Gasteiger partial charge < -0.3 is 20.0 Å². The van der Waals surface area contributed by atoms with Gasteiger partial charge in [-0.2, -0.15) is 5.10 Å². The Morgan fingerprint density at radius 3 is 2.48 bits per heavy atom. The number of anilines is 1. The summed E-state index contributed by atoms with van der Waals surface area (Å²) in [5, 5.41) is 38.9. The molecule has 1 unspecified atom stereocenters. The number of Topliss-reactive ketones (excluding diaryl/α,β-unsaturated/α-hetero) is 1. The van der Waals surface area contributed by atoms with Gasteiger partial charge in [-0.25, -0.2) is 0 Å². The number of hydrogen-bond acceptors (Lipinski definition) is 10. The predicted octanol–water partition coefficient (Wildman–Crippen LogP) is -0.681. The largest absolute Gasteiger partial charge is 0.470 e. The fourth-order valence-electron chi connectivity index (χ4n) is 1.78. The van der Waals surface area contributed by atoms with Crippen LogP contribution in [0.15, 0.2) is 5.10 Å². The molecule has 2 rings (SSSR count). The first-order valence-electron chi connectivity index (χ1n) is 5.29. The number of nitrogens with one attached hydrogen (secondary N) is 1. The van der Waals surface area contributed by atoms with E-state index in [4.69, 9.17) is 4.74 Å². The van der Waals surface area contributed by atoms with E-state index in [0.29, 0.717) is 4.68 Å². The molecular formula is C8H8N6O7. The molecule has 0 radical (unpaired) electrons. The molecule has 0 saturated heterocycles. The van der Waals surface area contributed by atoms with Gasteiger partial charge in [0.05, 0.1) is 10.0 Å². The highest BCUT2D eigenvalue weighted by Crippen LogP contribution is 2.39. The van der Waals surface area contributed by atoms with Crippen molar-refractivity contribution in [3.63, 3.8) is 0 Å². The van der Waals surface area contributed by atoms with Crippen LogP contribution in [0, 0.1) is 20.2 Å². The summed E-state index contributed by atoms with van der Waals surface area (Å²) in [5.41, 5.74) is 0.513. The van der Waals surface area contributed by atoms with Gasteiger partial charge in [-0.15, -0.1) is 0 Å². The van der Waals surface area contributed by atoms with Gasteiger partial charge in [-0.05, 0) is 4.92 Å². The number of ether oxygens (including phenoxy) is 1. The lowest BCUT2D eigenvalue weighted by Crippen LogP contribution is -2.50. The SMILES string of the molecule is COC1(O)C(C(C)=O)=NNc2c([N+](=O)[O-])c([N+](=O)[O-])nn21. The maximum Gasteiger partial charge on any atom is 0.470 e. The van der Waals surface area contributed by atoms with Crippen LogP contribution in [-0.2, 0) is 15.4 Å². The van der Waals surface area contributed by atoms with Gasteiger partial charge in [0.25, 0.3) is 5.82 Å². The summed E-state index contributed by atoms with van der Waals surface area (Å²) in [6, 6.07) is 0. The second-order valence-electron chi connectivity index (χ2n) is 3.89. The number of nitro groups is 2. The Hall–Kier alpha value is -2.93. The van der Waals surface area contributed by atoms with E-state index in [1.54, 1.807) is 0 Å². The van der Waals surface area contributed by atoms with Crippen molar-refractivity contribution >= 4 is 28.8 Å². The van der Waals surface area contributed by atoms with Gasteiger partial charge in [-0.3, -0.25) is 20.3 Å². The van der Waals surface area contributed by atoms with E-state index in [2.05, 4.69) is 15.6 Å². The molecule has 1 aromatic rings. The summed E-state index contributed by atoms with van der Waals surface area (Å²) in [5.74, 6) is -5.02. The molecule has 112 valence electrons. The molecule has 1 aliphatic heterocycles. The van der Waals surface area contributed by atoms with Crippen LogP contribution in [-0.4, -0.2) is 43.3 Å². The highest BCUT2D eigenvalue weighted by Gasteiger charge is 2.52. The van der Waals surface area contributed by atoms with Crippen LogP contribution in [0.25, 0.3) is 0 Å². The fraction of sp³-hybridized carbons (Fsp3) is 0.375. The van der Waals surface area contributed by atoms with E-state index >= 15 is 0 Å². The molecule has 13 nitrogen and oxygen atoms in total. The van der Waals surface area contributed by atoms with Crippen LogP contribution in [0.5, 0.6) is 0 Å². The Bertz CT molecular complexity index is 694. The third kappa shape index (κ3) is 1.91. The molecule has 0 spiro atoms. The van der Waals surface area contributed by atoms with Crippen molar-refractivity contribution in [1.82, 2.24) is 9.78 Å². The van der Waals surface area contributed by atoms with E-state index in [0.717, 1.165) is 14.0 Å². The van der Waals surface area contributed by atoms with Crippen LogP contribution in [0.3, 0.4) is 0 Å². The summed E-state index contributed by atoms with van der Waals surface area (Å²) in [6.07, 6.45) is 0. The summed E-state index contributed by atoms with van der Waals surface area (Å²) in [6.45, 7) is 1.06. The van der Waals surface area contributed by atoms with Gasteiger partial charge in [0.2, 0.25) is 0 Å². The van der Waals surface area contributed by atoms with Crippen LogP contribution >= 0.6 is 0 Å². The Labute approximate surface area is 115 Å². The molecular weight excluding hydrogens is 292 g/mol. The highest BCUT2D eigenvalue weighted by molar-refractivity contribution is 6.41. The van der Waals surface area contributed by atoms with E-state index in [-0.39, 0.29) is 0 Å². The Morgan fingerprint density at radius 1 is 1.43 bits per heavy atom. The first-order valence-corrected chi connectivity index (χ1v) is 5.29. The van der Waals surface area contributed by atoms with Crippen LogP contribution in [0.4, 0.5) is 17.3 Å². The number of carbonyl (C=O) groups excluding carboxylic acids is 1. The lowest BCUT2D eigenvalue weighted by atomic mass is 10.2. The summed E-state index contributed by atoms with van der Waals surface area (Å²) in [7, 11) is 0.979. The molecule has 1 atom stereocenters. The Kier molecular flexibility index (Phi) is 3.15. The molecule has 13 heteroatoms. The topological polar surface area (TPSA) is 175 Å². The molecule has 1 aromatic heterocycles. The lowest BCUT2D eigenvalue weighted by Gasteiger charge is -2.27. The molecule has 1 aliphatic rings. The normalized spacial score (nSPS) is 20.2. The lowest BCUT2D eigenvalue weighted by molar-refractivity contribution is -0.424. The fourth-order valence-corrected chi connectivity index (χ4v) is 1.78. The number of methoxy groups -OCH3 is 1. The Balaban J connectivity index is 2.76. The maximum absolute atomic E-state index is 11.4. The zero-order chi connectivity index (χ0) is 15.9. The van der Waals surface area contributed by atoms with Crippen molar-refractivity contribution in [3.8, 4) is 0 Å². The van der Waals surface area contributed by atoms with Crippen LogP contribution in [0.1, 0.15) is 6.92 Å². The molecule has 2 heterocycles. The van der Waals surface area contributed by atoms with Crippen molar-refractivity contribution in [3.05, 3.63) is 20.2 Å². The van der Waals surface area contributed by atoms with Crippen LogP contribution in [0.2, 0.25) is 0 Å². The van der Waals surface area contributed by atoms with Crippen molar-refractivity contribution < 1.29 is 24.5 Å². The zero-order valence-electron chi connectivity index (χ0n) is 10.6. The highest BCUT2D eigenvalue weighted by atomic mass is 16.7. The Morgan fingerprint density at radius 2 is 2.05 bits per heavy atom. The minimum absolute atomic E-state index is 0.424. The number of aromatic nitrogens is 2. The molecule has 0 bridgehead atoms. The molecule has 0 saturated carbocycles. The number of nitrogens with zero attached hydrogens (tertiary/aromatic N) is 5. The minimum atomic E-state index is -2.59. The van der Waals surface area contributed by atoms with Crippen LogP contribution < -0.4 is 5.43 Å². The second kappa shape index (κ2) is 4.57. The third-order valence-corrected chi connectivity index (χ3v) is 2.69. The van der Waals surface area contributed by atoms with E-state index in [1.165, 1.54) is 0 Å². The predicted molar refractivity (Wildman–Crippen MR) is 64.5 cm³/mol. The monoisotopic (exact) mass is 300 g/mol. The van der Waals surface area contributed by atoms with Crippen molar-refractivity contribution in [2.45, 2.75) is 12.8 Å². The summed E-state index contributed by atoms with van der Waals surface area (Å²) in [4.78, 5) is 31.0. The number of hydrazone groups is 1. The first kappa shape index (κ1) is 14.5. The molecule has 0 fully saturated rings. The standard InChI is InChI=1S/C8H8N6O7/c1-3(15)5-8(16,21-2)12-6(10-9-5)4(13(17)18)7(11-12)14(19)20/h10,16H,1-2H3. The van der Waals surface area contributed by atoms with E-state index in [1.807, 2.05) is 0 Å². The number of aliphatic hydroxyl groups is 1. The number of fused-ring (bicyclic) bond motifs is 1. The third-order valence-electron chi connectivity index (χ3n) is 2.69. The minimum Gasteiger partial charge on any atom is -0.358 e. The first-order chi connectivity index (χ1) is 9.74. The van der Waals surface area contributed by atoms with Gasteiger partial charge in [0, 0.05) is 14.0 Å². The number of carbonyl (C=O) groups is 1. The molecule has 2 N–H and O–H groups in total. The van der Waals surface area contributed by atoms with Crippen molar-refractivity contribution in [2.24, 2.45) is 5.10 Å². The van der Waals surface area contributed by atoms with Crippen molar-refractivity contribution in [2.75, 3.05) is 12.5 Å². The summed E-state index contributed by atoms with van der Waals surface area (Å²) < 4.78 is 5.15. The van der Waals surface area contributed by atoms with E-state index in [9.17, 15) is 30.1 Å². The molecule has 21 heavy (non-hydrogen) atoms. The quantitative estimate of drug-likeness (QED) is 0.414. The van der Waals surface area contributed by atoms with Gasteiger partial charge in [0.1, 0.15) is 0 Å². The number of ketones is 1. The average Bonchev–Trinajstić information content (AvgIpc) is 2.79. The van der Waals surface area contributed by atoms with E-state index < -0.39 is 44.6 Å².